The number of aromatic nitrogens is 3. The summed E-state index contributed by atoms with van der Waals surface area (Å²) in [6.07, 6.45) is 8.92. The molecule has 0 saturated heterocycles. The van der Waals surface area contributed by atoms with Gasteiger partial charge in [0.25, 0.3) is 0 Å². The van der Waals surface area contributed by atoms with Crippen molar-refractivity contribution in [1.82, 2.24) is 19.5 Å². The SMILES string of the molecule is O=S(=O)(NC1CCCCC1n1cccn1)c1cnc2ccsc2c1. The first-order chi connectivity index (χ1) is 11.6. The number of hydrogen-bond donors (Lipinski definition) is 1. The maximum Gasteiger partial charge on any atom is 0.242 e. The molecule has 0 aromatic carbocycles. The van der Waals surface area contributed by atoms with Crippen molar-refractivity contribution in [2.75, 3.05) is 0 Å². The van der Waals surface area contributed by atoms with Crippen LogP contribution in [0.4, 0.5) is 0 Å². The van der Waals surface area contributed by atoms with Gasteiger partial charge in [-0.15, -0.1) is 11.3 Å². The number of rotatable bonds is 4. The van der Waals surface area contributed by atoms with Gasteiger partial charge in [0, 0.05) is 24.6 Å². The molecule has 2 atom stereocenters. The molecule has 126 valence electrons. The van der Waals surface area contributed by atoms with E-state index in [1.165, 1.54) is 17.5 Å². The molecule has 8 heteroatoms. The van der Waals surface area contributed by atoms with Gasteiger partial charge in [-0.25, -0.2) is 13.1 Å². The van der Waals surface area contributed by atoms with Gasteiger partial charge in [0.1, 0.15) is 4.90 Å². The van der Waals surface area contributed by atoms with Gasteiger partial charge in [-0.05, 0) is 36.4 Å². The quantitative estimate of drug-likeness (QED) is 0.774. The number of fused-ring (bicyclic) bond motifs is 1. The minimum Gasteiger partial charge on any atom is -0.268 e. The third-order valence-electron chi connectivity index (χ3n) is 4.49. The zero-order valence-electron chi connectivity index (χ0n) is 13.0. The molecule has 24 heavy (non-hydrogen) atoms. The van der Waals surface area contributed by atoms with Crippen LogP contribution in [0.1, 0.15) is 31.7 Å². The standard InChI is InChI=1S/C16H18N4O2S2/c21-24(22,12-10-16-14(17-11-12)6-9-23-16)19-13-4-1-2-5-15(13)20-8-3-7-18-20/h3,6-11,13,15,19H,1-2,4-5H2. The average molecular weight is 362 g/mol. The van der Waals surface area contributed by atoms with Crippen molar-refractivity contribution in [3.05, 3.63) is 42.2 Å². The van der Waals surface area contributed by atoms with Crippen molar-refractivity contribution in [3.8, 4) is 0 Å². The molecule has 4 rings (SSSR count). The number of hydrogen-bond acceptors (Lipinski definition) is 5. The van der Waals surface area contributed by atoms with Crippen LogP contribution in [0.5, 0.6) is 0 Å². The Morgan fingerprint density at radius 1 is 1.29 bits per heavy atom. The zero-order chi connectivity index (χ0) is 16.6. The second-order valence-electron chi connectivity index (χ2n) is 6.04. The fourth-order valence-electron chi connectivity index (χ4n) is 3.29. The summed E-state index contributed by atoms with van der Waals surface area (Å²) in [5.41, 5.74) is 0.825. The van der Waals surface area contributed by atoms with Gasteiger partial charge in [-0.3, -0.25) is 9.67 Å². The van der Waals surface area contributed by atoms with Crippen molar-refractivity contribution < 1.29 is 8.42 Å². The number of pyridine rings is 1. The van der Waals surface area contributed by atoms with E-state index in [4.69, 9.17) is 0 Å². The normalized spacial score (nSPS) is 22.0. The van der Waals surface area contributed by atoms with E-state index >= 15 is 0 Å². The van der Waals surface area contributed by atoms with E-state index in [9.17, 15) is 8.42 Å². The molecule has 0 radical (unpaired) electrons. The van der Waals surface area contributed by atoms with Gasteiger partial charge >= 0.3 is 0 Å². The number of sulfonamides is 1. The predicted octanol–water partition coefficient (Wildman–Crippen LogP) is 2.96. The Hall–Kier alpha value is -1.77. The van der Waals surface area contributed by atoms with E-state index in [0.29, 0.717) is 0 Å². The first kappa shape index (κ1) is 15.7. The van der Waals surface area contributed by atoms with Crippen molar-refractivity contribution in [2.45, 2.75) is 42.7 Å². The van der Waals surface area contributed by atoms with Crippen LogP contribution in [0.25, 0.3) is 10.2 Å². The predicted molar refractivity (Wildman–Crippen MR) is 93.5 cm³/mol. The number of nitrogens with one attached hydrogen (secondary N) is 1. The molecular formula is C16H18N4O2S2. The molecule has 6 nitrogen and oxygen atoms in total. The Kier molecular flexibility index (Phi) is 4.11. The Balaban J connectivity index is 1.61. The minimum absolute atomic E-state index is 0.0574. The van der Waals surface area contributed by atoms with E-state index in [2.05, 4.69) is 14.8 Å². The van der Waals surface area contributed by atoms with E-state index in [1.807, 2.05) is 28.4 Å². The highest BCUT2D eigenvalue weighted by atomic mass is 32.2. The topological polar surface area (TPSA) is 76.9 Å². The first-order valence-electron chi connectivity index (χ1n) is 7.98. The van der Waals surface area contributed by atoms with Gasteiger partial charge < -0.3 is 0 Å². The maximum atomic E-state index is 12.8. The third kappa shape index (κ3) is 2.97. The fourth-order valence-corrected chi connectivity index (χ4v) is 5.41. The Labute approximate surface area is 144 Å². The van der Waals surface area contributed by atoms with E-state index < -0.39 is 10.0 Å². The minimum atomic E-state index is -3.60. The molecule has 1 aliphatic rings. The van der Waals surface area contributed by atoms with Crippen LogP contribution >= 0.6 is 11.3 Å². The van der Waals surface area contributed by atoms with Crippen LogP contribution in [0.2, 0.25) is 0 Å². The summed E-state index contributed by atoms with van der Waals surface area (Å²) in [6, 6.07) is 5.36. The summed E-state index contributed by atoms with van der Waals surface area (Å²) in [7, 11) is -3.60. The Bertz CT molecular complexity index is 934. The van der Waals surface area contributed by atoms with Crippen LogP contribution < -0.4 is 4.72 Å². The van der Waals surface area contributed by atoms with Crippen LogP contribution in [-0.4, -0.2) is 29.2 Å². The van der Waals surface area contributed by atoms with Crippen molar-refractivity contribution in [1.29, 1.82) is 0 Å². The van der Waals surface area contributed by atoms with Crippen LogP contribution in [0, 0.1) is 0 Å². The molecule has 3 aromatic heterocycles. The summed E-state index contributed by atoms with van der Waals surface area (Å²) in [5.74, 6) is 0. The molecule has 0 bridgehead atoms. The van der Waals surface area contributed by atoms with Gasteiger partial charge in [0.15, 0.2) is 0 Å². The first-order valence-corrected chi connectivity index (χ1v) is 10.3. The highest BCUT2D eigenvalue weighted by Crippen LogP contribution is 2.30. The summed E-state index contributed by atoms with van der Waals surface area (Å²) in [5, 5.41) is 6.21. The van der Waals surface area contributed by atoms with Gasteiger partial charge in [0.2, 0.25) is 10.0 Å². The average Bonchev–Trinajstić information content (AvgIpc) is 3.26. The van der Waals surface area contributed by atoms with Gasteiger partial charge in [0.05, 0.1) is 16.3 Å². The molecule has 0 aliphatic heterocycles. The molecule has 2 unspecified atom stereocenters. The smallest absolute Gasteiger partial charge is 0.242 e. The highest BCUT2D eigenvalue weighted by Gasteiger charge is 2.31. The highest BCUT2D eigenvalue weighted by molar-refractivity contribution is 7.89. The second kappa shape index (κ2) is 6.27. The number of thiophene rings is 1. The second-order valence-corrected chi connectivity index (χ2v) is 8.70. The van der Waals surface area contributed by atoms with Crippen LogP contribution in [0.15, 0.2) is 47.1 Å². The molecule has 1 aliphatic carbocycles. The van der Waals surface area contributed by atoms with E-state index in [1.54, 1.807) is 12.3 Å². The van der Waals surface area contributed by atoms with Crippen LogP contribution in [0.3, 0.4) is 0 Å². The van der Waals surface area contributed by atoms with Gasteiger partial charge in [-0.2, -0.15) is 5.10 Å². The summed E-state index contributed by atoms with van der Waals surface area (Å²) in [4.78, 5) is 4.47. The van der Waals surface area contributed by atoms with Crippen LogP contribution in [-0.2, 0) is 10.0 Å². The van der Waals surface area contributed by atoms with E-state index in [-0.39, 0.29) is 17.0 Å². The van der Waals surface area contributed by atoms with Gasteiger partial charge in [-0.1, -0.05) is 12.8 Å². The molecule has 1 saturated carbocycles. The molecular weight excluding hydrogens is 344 g/mol. The summed E-state index contributed by atoms with van der Waals surface area (Å²) in [6.45, 7) is 0. The third-order valence-corrected chi connectivity index (χ3v) is 6.80. The molecule has 3 aromatic rings. The lowest BCUT2D eigenvalue weighted by molar-refractivity contribution is 0.270. The fraction of sp³-hybridized carbons (Fsp3) is 0.375. The monoisotopic (exact) mass is 362 g/mol. The number of nitrogens with zero attached hydrogens (tertiary/aromatic N) is 3. The lowest BCUT2D eigenvalue weighted by atomic mass is 9.91. The maximum absolute atomic E-state index is 12.8. The Morgan fingerprint density at radius 3 is 3.00 bits per heavy atom. The molecule has 0 amide bonds. The molecule has 1 N–H and O–H groups in total. The Morgan fingerprint density at radius 2 is 2.17 bits per heavy atom. The lowest BCUT2D eigenvalue weighted by Crippen LogP contribution is -2.43. The molecule has 0 spiro atoms. The van der Waals surface area contributed by atoms with E-state index in [0.717, 1.165) is 35.9 Å². The lowest BCUT2D eigenvalue weighted by Gasteiger charge is -2.32. The summed E-state index contributed by atoms with van der Waals surface area (Å²) >= 11 is 1.49. The zero-order valence-corrected chi connectivity index (χ0v) is 14.6. The largest absolute Gasteiger partial charge is 0.268 e. The molecule has 1 fully saturated rings. The van der Waals surface area contributed by atoms with Crippen molar-refractivity contribution in [3.63, 3.8) is 0 Å². The summed E-state index contributed by atoms with van der Waals surface area (Å²) < 4.78 is 31.2. The van der Waals surface area contributed by atoms with Crippen molar-refractivity contribution >= 4 is 31.6 Å². The molecule has 3 heterocycles. The van der Waals surface area contributed by atoms with Crippen molar-refractivity contribution in [2.24, 2.45) is 0 Å².